The molecule has 2 amide bonds. The van der Waals surface area contributed by atoms with Crippen molar-refractivity contribution in [2.24, 2.45) is 5.16 Å². The van der Waals surface area contributed by atoms with Gasteiger partial charge in [0.05, 0.1) is 5.71 Å². The molecule has 0 fully saturated rings. The van der Waals surface area contributed by atoms with E-state index < -0.39 is 17.9 Å². The van der Waals surface area contributed by atoms with E-state index in [0.717, 1.165) is 16.7 Å². The molecule has 7 nitrogen and oxygen atoms in total. The van der Waals surface area contributed by atoms with Gasteiger partial charge in [0.25, 0.3) is 11.8 Å². The highest BCUT2D eigenvalue weighted by Gasteiger charge is 2.29. The average Bonchev–Trinajstić information content (AvgIpc) is 3.15. The molecule has 27 heavy (non-hydrogen) atoms. The smallest absolute Gasteiger partial charge is 0.282 e. The molecule has 1 aliphatic heterocycles. The fourth-order valence-electron chi connectivity index (χ4n) is 2.73. The first-order valence-corrected chi connectivity index (χ1v) is 8.59. The van der Waals surface area contributed by atoms with Crippen LogP contribution in [0.3, 0.4) is 0 Å². The summed E-state index contributed by atoms with van der Waals surface area (Å²) in [5.74, 6) is -0.330. The average molecular weight is 367 g/mol. The lowest BCUT2D eigenvalue weighted by atomic mass is 10.1. The first-order chi connectivity index (χ1) is 13.0. The summed E-state index contributed by atoms with van der Waals surface area (Å²) >= 11 is 0. The third kappa shape index (κ3) is 5.07. The molecule has 1 atom stereocenters. The molecule has 0 aliphatic carbocycles. The summed E-state index contributed by atoms with van der Waals surface area (Å²) in [5.41, 5.74) is 8.35. The standard InChI is InChI=1S/C20H21N3O4/c1-13-8-14(2)10-16(9-13)26-12-19(24)21-22-20(25)18-11-17(23-27-18)15-6-4-3-5-7-15/h3-10,18H,11-12H2,1-2H3,(H,21,24)(H,22,25)/t18-/m0/s1. The Morgan fingerprint density at radius 1 is 1.11 bits per heavy atom. The van der Waals surface area contributed by atoms with Crippen molar-refractivity contribution in [2.45, 2.75) is 26.4 Å². The van der Waals surface area contributed by atoms with E-state index in [1.54, 1.807) is 0 Å². The molecule has 140 valence electrons. The van der Waals surface area contributed by atoms with Crippen LogP contribution in [0.1, 0.15) is 23.1 Å². The molecule has 1 aliphatic rings. The van der Waals surface area contributed by atoms with E-state index in [4.69, 9.17) is 9.57 Å². The van der Waals surface area contributed by atoms with Crippen molar-refractivity contribution >= 4 is 17.5 Å². The Balaban J connectivity index is 1.42. The third-order valence-corrected chi connectivity index (χ3v) is 3.96. The van der Waals surface area contributed by atoms with Crippen LogP contribution in [0.5, 0.6) is 5.75 Å². The van der Waals surface area contributed by atoms with Crippen molar-refractivity contribution in [3.63, 3.8) is 0 Å². The summed E-state index contributed by atoms with van der Waals surface area (Å²) in [7, 11) is 0. The quantitative estimate of drug-likeness (QED) is 0.792. The normalized spacial score (nSPS) is 15.5. The zero-order valence-electron chi connectivity index (χ0n) is 15.2. The van der Waals surface area contributed by atoms with E-state index >= 15 is 0 Å². The van der Waals surface area contributed by atoms with E-state index in [9.17, 15) is 9.59 Å². The van der Waals surface area contributed by atoms with Crippen LogP contribution in [0.4, 0.5) is 0 Å². The van der Waals surface area contributed by atoms with Crippen molar-refractivity contribution in [1.82, 2.24) is 10.9 Å². The Bertz CT molecular complexity index is 845. The number of ether oxygens (including phenoxy) is 1. The second kappa shape index (κ2) is 8.35. The van der Waals surface area contributed by atoms with Crippen LogP contribution in [0.15, 0.2) is 53.7 Å². The van der Waals surface area contributed by atoms with Crippen LogP contribution in [0.2, 0.25) is 0 Å². The number of nitrogens with zero attached hydrogens (tertiary/aromatic N) is 1. The van der Waals surface area contributed by atoms with Crippen molar-refractivity contribution in [3.05, 3.63) is 65.2 Å². The van der Waals surface area contributed by atoms with Crippen LogP contribution < -0.4 is 15.6 Å². The Morgan fingerprint density at radius 3 is 2.52 bits per heavy atom. The van der Waals surface area contributed by atoms with Gasteiger partial charge in [0, 0.05) is 6.42 Å². The summed E-state index contributed by atoms with van der Waals surface area (Å²) < 4.78 is 5.44. The molecule has 1 heterocycles. The minimum atomic E-state index is -0.777. The number of amides is 2. The van der Waals surface area contributed by atoms with E-state index in [1.807, 2.05) is 62.4 Å². The van der Waals surface area contributed by atoms with E-state index in [-0.39, 0.29) is 6.61 Å². The molecule has 3 rings (SSSR count). The number of rotatable bonds is 5. The van der Waals surface area contributed by atoms with Gasteiger partial charge in [-0.25, -0.2) is 0 Å². The molecule has 0 aromatic heterocycles. The molecule has 0 saturated carbocycles. The predicted molar refractivity (Wildman–Crippen MR) is 100 cm³/mol. The number of hydrazine groups is 1. The van der Waals surface area contributed by atoms with Gasteiger partial charge in [-0.3, -0.25) is 20.4 Å². The molecule has 2 aromatic carbocycles. The molecule has 0 spiro atoms. The van der Waals surface area contributed by atoms with Crippen LogP contribution in [0.25, 0.3) is 0 Å². The Hall–Kier alpha value is -3.35. The van der Waals surface area contributed by atoms with Crippen molar-refractivity contribution in [2.75, 3.05) is 6.61 Å². The van der Waals surface area contributed by atoms with Gasteiger partial charge in [-0.05, 0) is 42.7 Å². The molecule has 0 unspecified atom stereocenters. The lowest BCUT2D eigenvalue weighted by molar-refractivity contribution is -0.136. The highest BCUT2D eigenvalue weighted by atomic mass is 16.6. The maximum absolute atomic E-state index is 12.1. The number of benzene rings is 2. The molecular weight excluding hydrogens is 346 g/mol. The van der Waals surface area contributed by atoms with Crippen LogP contribution >= 0.6 is 0 Å². The number of nitrogens with one attached hydrogen (secondary N) is 2. The zero-order chi connectivity index (χ0) is 19.2. The van der Waals surface area contributed by atoms with Gasteiger partial charge in [0.15, 0.2) is 6.61 Å². The molecule has 2 N–H and O–H groups in total. The molecule has 0 saturated heterocycles. The van der Waals surface area contributed by atoms with Gasteiger partial charge in [0.1, 0.15) is 5.75 Å². The second-order valence-corrected chi connectivity index (χ2v) is 6.35. The maximum Gasteiger partial charge on any atom is 0.282 e. The van der Waals surface area contributed by atoms with Gasteiger partial charge in [-0.2, -0.15) is 0 Å². The minimum Gasteiger partial charge on any atom is -0.484 e. The molecular formula is C20H21N3O4. The highest BCUT2D eigenvalue weighted by Crippen LogP contribution is 2.17. The zero-order valence-corrected chi connectivity index (χ0v) is 15.2. The fourth-order valence-corrected chi connectivity index (χ4v) is 2.73. The number of oxime groups is 1. The fraction of sp³-hybridized carbons (Fsp3) is 0.250. The SMILES string of the molecule is Cc1cc(C)cc(OCC(=O)NNC(=O)[C@@H]2CC(c3ccccc3)=NO2)c1. The summed E-state index contributed by atoms with van der Waals surface area (Å²) in [6.45, 7) is 3.70. The number of carbonyl (C=O) groups excluding carboxylic acids is 2. The van der Waals surface area contributed by atoms with E-state index in [1.165, 1.54) is 0 Å². The third-order valence-electron chi connectivity index (χ3n) is 3.96. The van der Waals surface area contributed by atoms with Crippen LogP contribution in [0, 0.1) is 13.8 Å². The lowest BCUT2D eigenvalue weighted by Gasteiger charge is -2.12. The Labute approximate surface area is 157 Å². The van der Waals surface area contributed by atoms with Crippen molar-refractivity contribution in [3.8, 4) is 5.75 Å². The van der Waals surface area contributed by atoms with Gasteiger partial charge < -0.3 is 9.57 Å². The van der Waals surface area contributed by atoms with Crippen LogP contribution in [-0.4, -0.2) is 30.2 Å². The molecule has 7 heteroatoms. The van der Waals surface area contributed by atoms with Crippen LogP contribution in [-0.2, 0) is 14.4 Å². The first-order valence-electron chi connectivity index (χ1n) is 8.59. The highest BCUT2D eigenvalue weighted by molar-refractivity contribution is 6.04. The van der Waals surface area contributed by atoms with Gasteiger partial charge >= 0.3 is 0 Å². The number of carbonyl (C=O) groups is 2. The van der Waals surface area contributed by atoms with Crippen molar-refractivity contribution < 1.29 is 19.2 Å². The number of aryl methyl sites for hydroxylation is 2. The van der Waals surface area contributed by atoms with E-state index in [0.29, 0.717) is 17.9 Å². The molecule has 0 radical (unpaired) electrons. The Kier molecular flexibility index (Phi) is 5.71. The van der Waals surface area contributed by atoms with Gasteiger partial charge in [-0.15, -0.1) is 0 Å². The molecule has 0 bridgehead atoms. The minimum absolute atomic E-state index is 0.208. The monoisotopic (exact) mass is 367 g/mol. The summed E-state index contributed by atoms with van der Waals surface area (Å²) in [6, 6.07) is 15.2. The number of hydrogen-bond donors (Lipinski definition) is 2. The first kappa shape index (κ1) is 18.4. The summed E-state index contributed by atoms with van der Waals surface area (Å²) in [6.07, 6.45) is -0.439. The van der Waals surface area contributed by atoms with E-state index in [2.05, 4.69) is 16.0 Å². The van der Waals surface area contributed by atoms with Gasteiger partial charge in [0.2, 0.25) is 6.10 Å². The largest absolute Gasteiger partial charge is 0.484 e. The van der Waals surface area contributed by atoms with Gasteiger partial charge in [-0.1, -0.05) is 41.6 Å². The second-order valence-electron chi connectivity index (χ2n) is 6.35. The summed E-state index contributed by atoms with van der Waals surface area (Å²) in [5, 5.41) is 3.95. The maximum atomic E-state index is 12.1. The predicted octanol–water partition coefficient (Wildman–Crippen LogP) is 2.02. The van der Waals surface area contributed by atoms with Crippen molar-refractivity contribution in [1.29, 1.82) is 0 Å². The topological polar surface area (TPSA) is 89.0 Å². The number of hydrogen-bond acceptors (Lipinski definition) is 5. The molecule has 2 aromatic rings. The summed E-state index contributed by atoms with van der Waals surface area (Å²) in [4.78, 5) is 29.2. The Morgan fingerprint density at radius 2 is 1.81 bits per heavy atom. The lowest BCUT2D eigenvalue weighted by Crippen LogP contribution is -2.48.